The van der Waals surface area contributed by atoms with E-state index in [2.05, 4.69) is 31.9 Å². The number of nitrogens with one attached hydrogen (secondary N) is 7. The van der Waals surface area contributed by atoms with Crippen molar-refractivity contribution in [2.24, 2.45) is 11.7 Å². The maximum Gasteiger partial charge on any atom is 0.328 e. The number of benzene rings is 2. The molecule has 22 heteroatoms. The highest BCUT2D eigenvalue weighted by Gasteiger charge is 2.39. The van der Waals surface area contributed by atoms with Crippen molar-refractivity contribution in [3.8, 4) is 0 Å². The van der Waals surface area contributed by atoms with Gasteiger partial charge in [0, 0.05) is 19.4 Å². The number of nitrogens with zero attached hydrogens (tertiary/aromatic N) is 1. The molecule has 1 aliphatic heterocycles. The van der Waals surface area contributed by atoms with Crippen LogP contribution < -0.4 is 43.0 Å². The van der Waals surface area contributed by atoms with Gasteiger partial charge in [0.2, 0.25) is 47.3 Å². The fourth-order valence-electron chi connectivity index (χ4n) is 6.83. The Kier molecular flexibility index (Phi) is 21.4. The molecular formula is C43H61N9O13. The second-order valence-corrected chi connectivity index (χ2v) is 16.0. The molecule has 2 aromatic carbocycles. The van der Waals surface area contributed by atoms with E-state index < -0.39 is 128 Å². The Bertz CT molecular complexity index is 1960. The molecule has 0 unspecified atom stereocenters. The third-order valence-corrected chi connectivity index (χ3v) is 10.3. The molecule has 13 N–H and O–H groups in total. The van der Waals surface area contributed by atoms with Gasteiger partial charge < -0.3 is 68.3 Å². The molecule has 1 fully saturated rings. The van der Waals surface area contributed by atoms with Crippen LogP contribution in [0.2, 0.25) is 0 Å². The van der Waals surface area contributed by atoms with Crippen LogP contribution in [0.5, 0.6) is 0 Å². The lowest BCUT2D eigenvalue weighted by Crippen LogP contribution is -2.60. The van der Waals surface area contributed by atoms with Crippen LogP contribution in [-0.4, -0.2) is 160 Å². The zero-order valence-electron chi connectivity index (χ0n) is 36.5. The van der Waals surface area contributed by atoms with E-state index in [9.17, 15) is 53.4 Å². The number of rotatable bonds is 25. The van der Waals surface area contributed by atoms with Gasteiger partial charge in [-0.1, -0.05) is 74.5 Å². The SMILES string of the molecule is CC(C)C[C@H](N)C(=O)N[C@@H](CO)C(=O)N1CCC[C@H]1C(=O)N[C@@H](Cc1ccccc1)C(=O)N[C@@H](C)C(=O)N[C@@H](Cc1ccccc1)C(=O)N[C@@H](CO)C(=O)NCC(=O)N[C@@H](CO)C(=O)O. The van der Waals surface area contributed by atoms with E-state index >= 15 is 0 Å². The van der Waals surface area contributed by atoms with E-state index in [1.54, 1.807) is 60.7 Å². The van der Waals surface area contributed by atoms with Crippen molar-refractivity contribution in [1.82, 2.24) is 42.1 Å². The molecule has 1 aliphatic rings. The first-order valence-electron chi connectivity index (χ1n) is 21.2. The van der Waals surface area contributed by atoms with E-state index in [-0.39, 0.29) is 31.7 Å². The van der Waals surface area contributed by atoms with E-state index in [1.807, 2.05) is 19.2 Å². The van der Waals surface area contributed by atoms with Crippen LogP contribution in [0.3, 0.4) is 0 Å². The highest BCUT2D eigenvalue weighted by Crippen LogP contribution is 2.20. The third kappa shape index (κ3) is 16.9. The van der Waals surface area contributed by atoms with Crippen molar-refractivity contribution in [2.45, 2.75) is 101 Å². The fourth-order valence-corrected chi connectivity index (χ4v) is 6.83. The summed E-state index contributed by atoms with van der Waals surface area (Å²) in [7, 11) is 0. The number of carboxylic acid groups (broad SMARTS) is 1. The summed E-state index contributed by atoms with van der Waals surface area (Å²) in [6.45, 7) is 1.84. The summed E-state index contributed by atoms with van der Waals surface area (Å²) in [6, 6.07) is 6.45. The summed E-state index contributed by atoms with van der Waals surface area (Å²) in [5.74, 6) is -8.05. The number of aliphatic carboxylic acids is 1. The quantitative estimate of drug-likeness (QED) is 0.0451. The number of likely N-dealkylation sites (tertiary alicyclic amines) is 1. The van der Waals surface area contributed by atoms with Crippen molar-refractivity contribution in [2.75, 3.05) is 32.9 Å². The molecular weight excluding hydrogens is 851 g/mol. The van der Waals surface area contributed by atoms with E-state index in [0.29, 0.717) is 24.0 Å². The molecule has 356 valence electrons. The average molecular weight is 912 g/mol. The van der Waals surface area contributed by atoms with Crippen molar-refractivity contribution in [1.29, 1.82) is 0 Å². The second kappa shape index (κ2) is 26.3. The lowest BCUT2D eigenvalue weighted by atomic mass is 10.0. The Hall–Kier alpha value is -6.49. The molecule has 0 aromatic heterocycles. The maximum absolute atomic E-state index is 13.9. The Morgan fingerprint density at radius 1 is 0.631 bits per heavy atom. The van der Waals surface area contributed by atoms with E-state index in [0.717, 1.165) is 0 Å². The highest BCUT2D eigenvalue weighted by atomic mass is 16.4. The highest BCUT2D eigenvalue weighted by molar-refractivity contribution is 5.98. The lowest BCUT2D eigenvalue weighted by Gasteiger charge is -2.30. The molecule has 0 saturated carbocycles. The number of aliphatic hydroxyl groups is 3. The van der Waals surface area contributed by atoms with Gasteiger partial charge in [-0.25, -0.2) is 4.79 Å². The first kappa shape index (κ1) is 52.9. The number of nitrogens with two attached hydrogens (primary N) is 1. The summed E-state index contributed by atoms with van der Waals surface area (Å²) in [6.07, 6.45) is 0.809. The van der Waals surface area contributed by atoms with Crippen LogP contribution in [0.4, 0.5) is 0 Å². The number of carboxylic acids is 1. The van der Waals surface area contributed by atoms with Crippen molar-refractivity contribution in [3.63, 3.8) is 0 Å². The Morgan fingerprint density at radius 3 is 1.66 bits per heavy atom. The van der Waals surface area contributed by atoms with E-state index in [4.69, 9.17) is 15.9 Å². The van der Waals surface area contributed by atoms with Gasteiger partial charge in [0.15, 0.2) is 0 Å². The number of carbonyl (C=O) groups excluding carboxylic acids is 8. The third-order valence-electron chi connectivity index (χ3n) is 10.3. The number of hydrogen-bond donors (Lipinski definition) is 12. The predicted molar refractivity (Wildman–Crippen MR) is 232 cm³/mol. The first-order valence-corrected chi connectivity index (χ1v) is 21.2. The van der Waals surface area contributed by atoms with Crippen LogP contribution in [0.1, 0.15) is 51.2 Å². The number of hydrogen-bond acceptors (Lipinski definition) is 13. The van der Waals surface area contributed by atoms with E-state index in [1.165, 1.54) is 11.8 Å². The van der Waals surface area contributed by atoms with Crippen molar-refractivity contribution in [3.05, 3.63) is 71.8 Å². The van der Waals surface area contributed by atoms with Crippen molar-refractivity contribution < 1.29 is 63.6 Å². The van der Waals surface area contributed by atoms with Gasteiger partial charge >= 0.3 is 5.97 Å². The largest absolute Gasteiger partial charge is 0.480 e. The van der Waals surface area contributed by atoms with Gasteiger partial charge in [0.05, 0.1) is 32.4 Å². The molecule has 3 rings (SSSR count). The summed E-state index contributed by atoms with van der Waals surface area (Å²) in [5.41, 5.74) is 7.19. The fraction of sp³-hybridized carbons (Fsp3) is 0.512. The predicted octanol–water partition coefficient (Wildman–Crippen LogP) is -4.06. The molecule has 1 heterocycles. The minimum Gasteiger partial charge on any atom is -0.480 e. The zero-order chi connectivity index (χ0) is 48.2. The van der Waals surface area contributed by atoms with Gasteiger partial charge in [-0.2, -0.15) is 0 Å². The lowest BCUT2D eigenvalue weighted by molar-refractivity contribution is -0.143. The van der Waals surface area contributed by atoms with Gasteiger partial charge in [0.1, 0.15) is 42.3 Å². The van der Waals surface area contributed by atoms with Crippen LogP contribution >= 0.6 is 0 Å². The Morgan fingerprint density at radius 2 is 1.14 bits per heavy atom. The van der Waals surface area contributed by atoms with Gasteiger partial charge in [0.25, 0.3) is 0 Å². The Balaban J connectivity index is 1.74. The molecule has 65 heavy (non-hydrogen) atoms. The topological polar surface area (TPSA) is 348 Å². The molecule has 2 aromatic rings. The van der Waals surface area contributed by atoms with Gasteiger partial charge in [-0.05, 0) is 43.2 Å². The summed E-state index contributed by atoms with van der Waals surface area (Å²) in [5, 5.41) is 54.9. The van der Waals surface area contributed by atoms with Gasteiger partial charge in [-0.15, -0.1) is 0 Å². The second-order valence-electron chi connectivity index (χ2n) is 16.0. The Labute approximate surface area is 375 Å². The zero-order valence-corrected chi connectivity index (χ0v) is 36.5. The minimum absolute atomic E-state index is 0.0383. The molecule has 0 bridgehead atoms. The average Bonchev–Trinajstić information content (AvgIpc) is 3.78. The smallest absolute Gasteiger partial charge is 0.328 e. The molecule has 0 aliphatic carbocycles. The number of aliphatic hydroxyl groups excluding tert-OH is 3. The first-order chi connectivity index (χ1) is 30.9. The maximum atomic E-state index is 13.9. The van der Waals surface area contributed by atoms with Crippen molar-refractivity contribution >= 4 is 53.2 Å². The molecule has 8 amide bonds. The van der Waals surface area contributed by atoms with Gasteiger partial charge in [-0.3, -0.25) is 38.4 Å². The normalized spacial score (nSPS) is 16.6. The molecule has 1 saturated heterocycles. The van der Waals surface area contributed by atoms with Crippen LogP contribution in [0.15, 0.2) is 60.7 Å². The summed E-state index contributed by atoms with van der Waals surface area (Å²) < 4.78 is 0. The summed E-state index contributed by atoms with van der Waals surface area (Å²) in [4.78, 5) is 119. The van der Waals surface area contributed by atoms with Crippen LogP contribution in [0.25, 0.3) is 0 Å². The molecule has 22 nitrogen and oxygen atoms in total. The van der Waals surface area contributed by atoms with Crippen LogP contribution in [-0.2, 0) is 56.0 Å². The number of amides is 8. The van der Waals surface area contributed by atoms with Crippen LogP contribution in [0, 0.1) is 5.92 Å². The minimum atomic E-state index is -1.63. The summed E-state index contributed by atoms with van der Waals surface area (Å²) >= 11 is 0. The molecule has 0 spiro atoms. The standard InChI is InChI=1S/C43H61N9O13/c1-24(2)17-28(44)37(58)51-32(22-54)42(63)52-16-10-15-34(52)41(62)49-29(18-26-11-6-4-7-12-26)39(60)46-25(3)36(57)48-30(19-27-13-8-5-9-14-27)40(61)50-31(21-53)38(59)45-20-35(56)47-33(23-55)43(64)65/h4-9,11-14,24-25,28-34,53-55H,10,15-23,44H2,1-3H3,(H,45,59)(H,46,60)(H,47,56)(H,48,57)(H,49,62)(H,50,61)(H,51,58)(H,64,65)/t25-,28-,29-,30-,31-,32-,33-,34-/m0/s1. The number of carbonyl (C=O) groups is 9. The monoisotopic (exact) mass is 911 g/mol. The molecule has 8 atom stereocenters. The molecule has 0 radical (unpaired) electrons.